The molecule has 3 rings (SSSR count). The Morgan fingerprint density at radius 1 is 1.06 bits per heavy atom. The average molecular weight is 477 g/mol. The number of hydrogen-bond acceptors (Lipinski definition) is 8. The van der Waals surface area contributed by atoms with Crippen LogP contribution in [0.1, 0.15) is 12.5 Å². The molecule has 0 heterocycles. The minimum absolute atomic E-state index is 0.0484. The molecule has 32 heavy (non-hydrogen) atoms. The molecule has 166 valence electrons. The van der Waals surface area contributed by atoms with Gasteiger partial charge >= 0.3 is 0 Å². The molecular formula is C20H17ClN4O6S. The first kappa shape index (κ1) is 22.8. The summed E-state index contributed by atoms with van der Waals surface area (Å²) in [5.41, 5.74) is 2.73. The van der Waals surface area contributed by atoms with Crippen molar-refractivity contribution >= 4 is 44.4 Å². The van der Waals surface area contributed by atoms with Crippen molar-refractivity contribution in [1.82, 2.24) is 0 Å². The number of nitrogens with zero attached hydrogens (tertiary/aromatic N) is 2. The fourth-order valence-electron chi connectivity index (χ4n) is 2.71. The lowest BCUT2D eigenvalue weighted by Gasteiger charge is -2.13. The van der Waals surface area contributed by atoms with Crippen molar-refractivity contribution in [3.63, 3.8) is 0 Å². The summed E-state index contributed by atoms with van der Waals surface area (Å²) < 4.78 is 28.3. The highest BCUT2D eigenvalue weighted by Crippen LogP contribution is 2.31. The summed E-state index contributed by atoms with van der Waals surface area (Å²) in [5.74, 6) is -0.369. The number of hydrazone groups is 1. The van der Waals surface area contributed by atoms with Crippen LogP contribution in [0.5, 0.6) is 11.5 Å². The largest absolute Gasteiger partial charge is 0.508 e. The maximum absolute atomic E-state index is 13.0. The van der Waals surface area contributed by atoms with E-state index in [1.807, 2.05) is 0 Å². The Kier molecular flexibility index (Phi) is 6.51. The van der Waals surface area contributed by atoms with Gasteiger partial charge in [-0.25, -0.2) is 8.42 Å². The molecule has 0 unspecified atom stereocenters. The predicted octanol–water partition coefficient (Wildman–Crippen LogP) is 4.30. The Hall–Kier alpha value is -3.83. The number of nitro groups is 1. The third-order valence-electron chi connectivity index (χ3n) is 4.30. The van der Waals surface area contributed by atoms with Crippen molar-refractivity contribution in [3.8, 4) is 11.5 Å². The smallest absolute Gasteiger partial charge is 0.270 e. The number of nitro benzene ring substituents is 1. The van der Waals surface area contributed by atoms with Gasteiger partial charge in [0.25, 0.3) is 15.7 Å². The van der Waals surface area contributed by atoms with Crippen molar-refractivity contribution in [1.29, 1.82) is 0 Å². The summed E-state index contributed by atoms with van der Waals surface area (Å²) in [6, 6.07) is 13.3. The van der Waals surface area contributed by atoms with E-state index < -0.39 is 25.5 Å². The molecule has 0 saturated carbocycles. The molecule has 4 N–H and O–H groups in total. The van der Waals surface area contributed by atoms with Gasteiger partial charge in [0.2, 0.25) is 0 Å². The maximum atomic E-state index is 13.0. The van der Waals surface area contributed by atoms with Gasteiger partial charge < -0.3 is 10.2 Å². The number of phenols is 2. The number of aromatic hydroxyl groups is 2. The quantitative estimate of drug-likeness (QED) is 0.225. The number of benzene rings is 3. The Morgan fingerprint density at radius 3 is 2.44 bits per heavy atom. The van der Waals surface area contributed by atoms with E-state index in [2.05, 4.69) is 15.2 Å². The lowest BCUT2D eigenvalue weighted by atomic mass is 10.1. The standard InChI is InChI=1S/C20H17ClN4O6S/c1-12(15-8-7-14(26)11-19(15)27)22-23-18-9-6-13(25(28)29)10-20(18)32(30,31)24-17-5-3-2-4-16(17)21/h2-11,23-24,26-27H,1H3/b22-12+. The zero-order valence-corrected chi connectivity index (χ0v) is 18.1. The van der Waals surface area contributed by atoms with Gasteiger partial charge in [-0.05, 0) is 37.3 Å². The van der Waals surface area contributed by atoms with Crippen molar-refractivity contribution < 1.29 is 23.6 Å². The number of anilines is 2. The van der Waals surface area contributed by atoms with Gasteiger partial charge in [-0.2, -0.15) is 5.10 Å². The molecule has 0 atom stereocenters. The van der Waals surface area contributed by atoms with Crippen molar-refractivity contribution in [2.45, 2.75) is 11.8 Å². The molecule has 0 amide bonds. The monoisotopic (exact) mass is 476 g/mol. The second-order valence-corrected chi connectivity index (χ2v) is 8.59. The van der Waals surface area contributed by atoms with Gasteiger partial charge in [0.1, 0.15) is 16.4 Å². The second kappa shape index (κ2) is 9.12. The second-order valence-electron chi connectivity index (χ2n) is 6.53. The minimum Gasteiger partial charge on any atom is -0.508 e. The van der Waals surface area contributed by atoms with E-state index in [9.17, 15) is 28.7 Å². The third-order valence-corrected chi connectivity index (χ3v) is 6.03. The summed E-state index contributed by atoms with van der Waals surface area (Å²) in [6.07, 6.45) is 0. The minimum atomic E-state index is -4.30. The highest BCUT2D eigenvalue weighted by molar-refractivity contribution is 7.93. The van der Waals surface area contributed by atoms with Crippen LogP contribution < -0.4 is 10.1 Å². The van der Waals surface area contributed by atoms with E-state index in [1.165, 1.54) is 30.3 Å². The lowest BCUT2D eigenvalue weighted by Crippen LogP contribution is -2.15. The average Bonchev–Trinajstić information content (AvgIpc) is 2.73. The van der Waals surface area contributed by atoms with Gasteiger partial charge in [0.15, 0.2) is 0 Å². The topological polar surface area (TPSA) is 154 Å². The summed E-state index contributed by atoms with van der Waals surface area (Å²) in [4.78, 5) is 10.0. The molecule has 0 aliphatic heterocycles. The van der Waals surface area contributed by atoms with Crippen molar-refractivity contribution in [2.75, 3.05) is 10.1 Å². The number of para-hydroxylation sites is 1. The molecule has 0 bridgehead atoms. The number of hydrogen-bond donors (Lipinski definition) is 4. The molecule has 0 spiro atoms. The van der Waals surface area contributed by atoms with Crippen LogP contribution >= 0.6 is 11.6 Å². The molecule has 0 aliphatic rings. The summed E-state index contributed by atoms with van der Waals surface area (Å²) in [7, 11) is -4.30. The van der Waals surface area contributed by atoms with Crippen LogP contribution in [0.4, 0.5) is 17.1 Å². The summed E-state index contributed by atoms with van der Waals surface area (Å²) in [5, 5.41) is 34.8. The first-order chi connectivity index (χ1) is 15.1. The fourth-order valence-corrected chi connectivity index (χ4v) is 4.21. The molecule has 3 aromatic carbocycles. The molecule has 12 heteroatoms. The fraction of sp³-hybridized carbons (Fsp3) is 0.0500. The van der Waals surface area contributed by atoms with Crippen LogP contribution in [0.2, 0.25) is 5.02 Å². The summed E-state index contributed by atoms with van der Waals surface area (Å²) >= 11 is 6.02. The normalized spacial score (nSPS) is 11.8. The van der Waals surface area contributed by atoms with Crippen LogP contribution in [-0.2, 0) is 10.0 Å². The summed E-state index contributed by atoms with van der Waals surface area (Å²) in [6.45, 7) is 1.54. The zero-order chi connectivity index (χ0) is 23.5. The van der Waals surface area contributed by atoms with Crippen LogP contribution in [0.3, 0.4) is 0 Å². The number of nitrogens with one attached hydrogen (secondary N) is 2. The van der Waals surface area contributed by atoms with Crippen LogP contribution in [0.25, 0.3) is 0 Å². The van der Waals surface area contributed by atoms with Crippen LogP contribution in [-0.4, -0.2) is 29.3 Å². The SMILES string of the molecule is C/C(=N\Nc1ccc([N+](=O)[O-])cc1S(=O)(=O)Nc1ccccc1Cl)c1ccc(O)cc1O. The number of rotatable bonds is 7. The van der Waals surface area contributed by atoms with Crippen LogP contribution in [0, 0.1) is 10.1 Å². The van der Waals surface area contributed by atoms with E-state index in [-0.39, 0.29) is 39.2 Å². The van der Waals surface area contributed by atoms with Gasteiger partial charge in [0.05, 0.1) is 27.0 Å². The highest BCUT2D eigenvalue weighted by atomic mass is 35.5. The number of halogens is 1. The first-order valence-electron chi connectivity index (χ1n) is 8.97. The Bertz CT molecular complexity index is 1330. The van der Waals surface area contributed by atoms with Gasteiger partial charge in [-0.1, -0.05) is 23.7 Å². The van der Waals surface area contributed by atoms with Crippen molar-refractivity contribution in [3.05, 3.63) is 81.4 Å². The third kappa shape index (κ3) is 5.07. The zero-order valence-electron chi connectivity index (χ0n) is 16.5. The van der Waals surface area contributed by atoms with Gasteiger partial charge in [-0.3, -0.25) is 20.3 Å². The Balaban J connectivity index is 2.01. The first-order valence-corrected chi connectivity index (χ1v) is 10.8. The molecule has 3 aromatic rings. The molecule has 0 radical (unpaired) electrons. The van der Waals surface area contributed by atoms with E-state index in [0.29, 0.717) is 0 Å². The molecule has 10 nitrogen and oxygen atoms in total. The van der Waals surface area contributed by atoms with E-state index in [0.717, 1.165) is 18.2 Å². The van der Waals surface area contributed by atoms with Gasteiger partial charge in [0, 0.05) is 23.8 Å². The maximum Gasteiger partial charge on any atom is 0.270 e. The van der Waals surface area contributed by atoms with Crippen LogP contribution in [0.15, 0.2) is 70.7 Å². The molecule has 0 aromatic heterocycles. The Morgan fingerprint density at radius 2 is 1.78 bits per heavy atom. The Labute approximate surface area is 188 Å². The highest BCUT2D eigenvalue weighted by Gasteiger charge is 2.23. The van der Waals surface area contributed by atoms with E-state index >= 15 is 0 Å². The van der Waals surface area contributed by atoms with Crippen molar-refractivity contribution in [2.24, 2.45) is 5.10 Å². The van der Waals surface area contributed by atoms with Gasteiger partial charge in [-0.15, -0.1) is 0 Å². The number of non-ortho nitro benzene ring substituents is 1. The molecule has 0 fully saturated rings. The molecule has 0 aliphatic carbocycles. The molecule has 0 saturated heterocycles. The predicted molar refractivity (Wildman–Crippen MR) is 121 cm³/mol. The van der Waals surface area contributed by atoms with E-state index in [1.54, 1.807) is 19.1 Å². The van der Waals surface area contributed by atoms with E-state index in [4.69, 9.17) is 11.6 Å². The number of phenolic OH excluding ortho intramolecular Hbond substituents is 2. The lowest BCUT2D eigenvalue weighted by molar-refractivity contribution is -0.385. The molecular weight excluding hydrogens is 460 g/mol. The number of sulfonamides is 1.